The maximum Gasteiger partial charge on any atom is 0.0427 e. The van der Waals surface area contributed by atoms with Gasteiger partial charge < -0.3 is 5.73 Å². The molecule has 2 heteroatoms. The smallest absolute Gasteiger partial charge is 0.0427 e. The molecule has 0 radical (unpaired) electrons. The minimum Gasteiger partial charge on any atom is -0.321 e. The fourth-order valence-electron chi connectivity index (χ4n) is 2.57. The number of rotatable bonds is 0. The Hall–Kier alpha value is -0.860. The number of nitrogens with two attached hydrogens (primary N) is 1. The second-order valence-corrected chi connectivity index (χ2v) is 5.92. The zero-order valence-electron chi connectivity index (χ0n) is 9.08. The van der Waals surface area contributed by atoms with E-state index in [4.69, 9.17) is 5.73 Å². The molecule has 1 aromatic heterocycles. The predicted molar refractivity (Wildman–Crippen MR) is 66.2 cm³/mol. The van der Waals surface area contributed by atoms with E-state index in [0.29, 0.717) is 5.92 Å². The van der Waals surface area contributed by atoms with Gasteiger partial charge in [-0.3, -0.25) is 0 Å². The maximum absolute atomic E-state index is 6.45. The fourth-order valence-corrected chi connectivity index (χ4v) is 4.02. The molecule has 0 saturated heterocycles. The van der Waals surface area contributed by atoms with Crippen LogP contribution in [0.15, 0.2) is 24.3 Å². The number of hydrogen-bond acceptors (Lipinski definition) is 2. The average molecular weight is 217 g/mol. The van der Waals surface area contributed by atoms with Crippen molar-refractivity contribution in [2.45, 2.75) is 25.8 Å². The van der Waals surface area contributed by atoms with E-state index in [1.54, 1.807) is 0 Å². The first-order valence-corrected chi connectivity index (χ1v) is 6.22. The van der Waals surface area contributed by atoms with Crippen LogP contribution in [0.5, 0.6) is 0 Å². The fraction of sp³-hybridized carbons (Fsp3) is 0.385. The monoisotopic (exact) mass is 217 g/mol. The zero-order chi connectivity index (χ0) is 10.6. The molecule has 0 spiro atoms. The van der Waals surface area contributed by atoms with Crippen molar-refractivity contribution in [2.24, 2.45) is 11.7 Å². The van der Waals surface area contributed by atoms with Crippen LogP contribution in [0.3, 0.4) is 0 Å². The molecule has 0 fully saturated rings. The van der Waals surface area contributed by atoms with Crippen LogP contribution in [0.1, 0.15) is 24.3 Å². The second kappa shape index (κ2) is 2.83. The van der Waals surface area contributed by atoms with Crippen LogP contribution in [0, 0.1) is 5.92 Å². The van der Waals surface area contributed by atoms with E-state index < -0.39 is 0 Å². The molecule has 1 nitrogen and oxygen atoms in total. The summed E-state index contributed by atoms with van der Waals surface area (Å²) in [6, 6.07) is 8.60. The molecule has 2 aromatic rings. The SMILES string of the molecule is CC1Cc2sc3ccccc3c2C1(C)N. The summed E-state index contributed by atoms with van der Waals surface area (Å²) in [5.41, 5.74) is 7.70. The molecule has 0 amide bonds. The van der Waals surface area contributed by atoms with E-state index in [1.165, 1.54) is 20.5 Å². The normalized spacial score (nSPS) is 29.7. The van der Waals surface area contributed by atoms with Crippen molar-refractivity contribution < 1.29 is 0 Å². The summed E-state index contributed by atoms with van der Waals surface area (Å²) in [4.78, 5) is 1.49. The van der Waals surface area contributed by atoms with Crippen LogP contribution in [0.4, 0.5) is 0 Å². The largest absolute Gasteiger partial charge is 0.321 e. The lowest BCUT2D eigenvalue weighted by Gasteiger charge is -2.25. The third-order valence-electron chi connectivity index (χ3n) is 3.72. The molecule has 78 valence electrons. The van der Waals surface area contributed by atoms with Gasteiger partial charge in [-0.05, 0) is 36.3 Å². The molecule has 0 saturated carbocycles. The molecular weight excluding hydrogens is 202 g/mol. The molecule has 3 rings (SSSR count). The highest BCUT2D eigenvalue weighted by atomic mass is 32.1. The first-order chi connectivity index (χ1) is 7.10. The lowest BCUT2D eigenvalue weighted by atomic mass is 9.87. The molecule has 2 unspecified atom stereocenters. The van der Waals surface area contributed by atoms with Crippen LogP contribution in [0.2, 0.25) is 0 Å². The Morgan fingerprint density at radius 1 is 1.40 bits per heavy atom. The van der Waals surface area contributed by atoms with Gasteiger partial charge in [-0.25, -0.2) is 0 Å². The molecule has 2 N–H and O–H groups in total. The van der Waals surface area contributed by atoms with Gasteiger partial charge in [0.1, 0.15) is 0 Å². The van der Waals surface area contributed by atoms with Crippen LogP contribution in [-0.4, -0.2) is 0 Å². The Bertz CT molecular complexity index is 524. The molecule has 0 bridgehead atoms. The minimum absolute atomic E-state index is 0.144. The average Bonchev–Trinajstić information content (AvgIpc) is 2.64. The van der Waals surface area contributed by atoms with Gasteiger partial charge in [0.05, 0.1) is 0 Å². The summed E-state index contributed by atoms with van der Waals surface area (Å²) < 4.78 is 1.38. The van der Waals surface area contributed by atoms with Gasteiger partial charge in [-0.15, -0.1) is 11.3 Å². The molecule has 1 aromatic carbocycles. The molecule has 15 heavy (non-hydrogen) atoms. The van der Waals surface area contributed by atoms with Gasteiger partial charge in [-0.2, -0.15) is 0 Å². The van der Waals surface area contributed by atoms with Crippen molar-refractivity contribution in [1.29, 1.82) is 0 Å². The van der Waals surface area contributed by atoms with Crippen molar-refractivity contribution in [3.8, 4) is 0 Å². The number of hydrogen-bond donors (Lipinski definition) is 1. The Morgan fingerprint density at radius 3 is 2.93 bits per heavy atom. The summed E-state index contributed by atoms with van der Waals surface area (Å²) in [5.74, 6) is 0.559. The molecule has 1 aliphatic carbocycles. The van der Waals surface area contributed by atoms with E-state index in [2.05, 4.69) is 38.1 Å². The Balaban J connectivity index is 2.36. The van der Waals surface area contributed by atoms with Crippen LogP contribution in [0.25, 0.3) is 10.1 Å². The third kappa shape index (κ3) is 1.12. The lowest BCUT2D eigenvalue weighted by molar-refractivity contribution is 0.360. The first kappa shape index (κ1) is 9.37. The number of thiophene rings is 1. The van der Waals surface area contributed by atoms with Gasteiger partial charge >= 0.3 is 0 Å². The molecule has 1 heterocycles. The van der Waals surface area contributed by atoms with Crippen LogP contribution >= 0.6 is 11.3 Å². The highest BCUT2D eigenvalue weighted by Gasteiger charge is 2.39. The Morgan fingerprint density at radius 2 is 2.13 bits per heavy atom. The topological polar surface area (TPSA) is 26.0 Å². The van der Waals surface area contributed by atoms with E-state index in [-0.39, 0.29) is 5.54 Å². The Kier molecular flexibility index (Phi) is 1.77. The van der Waals surface area contributed by atoms with Crippen LogP contribution in [-0.2, 0) is 12.0 Å². The highest BCUT2D eigenvalue weighted by molar-refractivity contribution is 7.19. The summed E-state index contributed by atoms with van der Waals surface area (Å²) in [7, 11) is 0. The lowest BCUT2D eigenvalue weighted by Crippen LogP contribution is -2.36. The van der Waals surface area contributed by atoms with Crippen LogP contribution < -0.4 is 5.73 Å². The predicted octanol–water partition coefficient (Wildman–Crippen LogP) is 3.27. The van der Waals surface area contributed by atoms with Crippen molar-refractivity contribution in [3.63, 3.8) is 0 Å². The van der Waals surface area contributed by atoms with Crippen molar-refractivity contribution in [1.82, 2.24) is 0 Å². The quantitative estimate of drug-likeness (QED) is 0.720. The second-order valence-electron chi connectivity index (χ2n) is 4.78. The highest BCUT2D eigenvalue weighted by Crippen LogP contribution is 2.47. The zero-order valence-corrected chi connectivity index (χ0v) is 9.90. The summed E-state index contributed by atoms with van der Waals surface area (Å²) >= 11 is 1.91. The number of fused-ring (bicyclic) bond motifs is 3. The summed E-state index contributed by atoms with van der Waals surface area (Å²) in [6.45, 7) is 4.42. The van der Waals surface area contributed by atoms with Gasteiger partial charge in [0, 0.05) is 15.1 Å². The van der Waals surface area contributed by atoms with Gasteiger partial charge in [-0.1, -0.05) is 25.1 Å². The maximum atomic E-state index is 6.45. The summed E-state index contributed by atoms with van der Waals surface area (Å²) in [5, 5.41) is 1.37. The third-order valence-corrected chi connectivity index (χ3v) is 4.92. The number of benzene rings is 1. The molecule has 2 atom stereocenters. The van der Waals surface area contributed by atoms with Crippen molar-refractivity contribution in [2.75, 3.05) is 0 Å². The van der Waals surface area contributed by atoms with Crippen molar-refractivity contribution in [3.05, 3.63) is 34.7 Å². The molecule has 1 aliphatic rings. The Labute approximate surface area is 93.9 Å². The van der Waals surface area contributed by atoms with Gasteiger partial charge in [0.15, 0.2) is 0 Å². The van der Waals surface area contributed by atoms with E-state index in [0.717, 1.165) is 6.42 Å². The summed E-state index contributed by atoms with van der Waals surface area (Å²) in [6.07, 6.45) is 1.14. The van der Waals surface area contributed by atoms with E-state index >= 15 is 0 Å². The first-order valence-electron chi connectivity index (χ1n) is 5.40. The van der Waals surface area contributed by atoms with Gasteiger partial charge in [0.2, 0.25) is 0 Å². The van der Waals surface area contributed by atoms with Gasteiger partial charge in [0.25, 0.3) is 0 Å². The standard InChI is InChI=1S/C13H15NS/c1-8-7-11-12(13(8,2)14)9-5-3-4-6-10(9)15-11/h3-6,8H,7,14H2,1-2H3. The molecular formula is C13H15NS. The van der Waals surface area contributed by atoms with Crippen molar-refractivity contribution >= 4 is 21.4 Å². The van der Waals surface area contributed by atoms with E-state index in [1.807, 2.05) is 11.3 Å². The molecule has 0 aliphatic heterocycles. The minimum atomic E-state index is -0.144. The van der Waals surface area contributed by atoms with E-state index in [9.17, 15) is 0 Å².